The Kier molecular flexibility index (Phi) is 6.80. The quantitative estimate of drug-likeness (QED) is 0.372. The third-order valence-corrected chi connectivity index (χ3v) is 7.25. The van der Waals surface area contributed by atoms with Gasteiger partial charge in [-0.25, -0.2) is 15.0 Å². The molecule has 0 unspecified atom stereocenters. The predicted molar refractivity (Wildman–Crippen MR) is 136 cm³/mol. The molecule has 3 aromatic heterocycles. The van der Waals surface area contributed by atoms with Gasteiger partial charge in [-0.1, -0.05) is 11.3 Å². The molecule has 1 aliphatic heterocycles. The summed E-state index contributed by atoms with van der Waals surface area (Å²) in [5.41, 5.74) is 2.71. The fourth-order valence-corrected chi connectivity index (χ4v) is 5.19. The van der Waals surface area contributed by atoms with Crippen LogP contribution in [0.25, 0.3) is 16.2 Å². The first-order valence-corrected chi connectivity index (χ1v) is 12.5. The minimum Gasteiger partial charge on any atom is -0.497 e. The number of carbonyl (C=O) groups excluding carboxylic acids is 1. The van der Waals surface area contributed by atoms with Crippen LogP contribution < -0.4 is 19.7 Å². The number of ether oxygens (including phenoxy) is 2. The molecule has 0 radical (unpaired) electrons. The van der Waals surface area contributed by atoms with E-state index in [4.69, 9.17) is 14.5 Å². The summed E-state index contributed by atoms with van der Waals surface area (Å²) in [6.45, 7) is 4.65. The number of amides is 1. The van der Waals surface area contributed by atoms with Gasteiger partial charge in [0.25, 0.3) is 5.91 Å². The molecule has 10 heteroatoms. The molecule has 1 aromatic carbocycles. The first-order valence-electron chi connectivity index (χ1n) is 11.7. The van der Waals surface area contributed by atoms with E-state index in [1.807, 2.05) is 47.9 Å². The number of aromatic nitrogens is 4. The Hall–Kier alpha value is -3.66. The molecule has 0 aliphatic carbocycles. The van der Waals surface area contributed by atoms with E-state index in [0.29, 0.717) is 23.9 Å². The molecule has 1 saturated heterocycles. The maximum Gasteiger partial charge on any atom is 0.263 e. The van der Waals surface area contributed by atoms with Crippen LogP contribution in [0, 0.1) is 6.92 Å². The summed E-state index contributed by atoms with van der Waals surface area (Å²) in [6, 6.07) is 9.63. The van der Waals surface area contributed by atoms with E-state index in [9.17, 15) is 4.79 Å². The Bertz CT molecular complexity index is 1310. The lowest BCUT2D eigenvalue weighted by atomic mass is 10.1. The van der Waals surface area contributed by atoms with Gasteiger partial charge in [-0.3, -0.25) is 9.20 Å². The van der Waals surface area contributed by atoms with Crippen LogP contribution in [0.4, 0.5) is 5.82 Å². The number of anilines is 1. The summed E-state index contributed by atoms with van der Waals surface area (Å²) in [4.78, 5) is 29.7. The first-order chi connectivity index (χ1) is 17.1. The van der Waals surface area contributed by atoms with Crippen LogP contribution in [0.15, 0.2) is 42.9 Å². The third kappa shape index (κ3) is 5.07. The van der Waals surface area contributed by atoms with E-state index >= 15 is 0 Å². The predicted octanol–water partition coefficient (Wildman–Crippen LogP) is 3.97. The highest BCUT2D eigenvalue weighted by atomic mass is 32.1. The molecule has 1 N–H and O–H groups in total. The highest BCUT2D eigenvalue weighted by molar-refractivity contribution is 7.19. The van der Waals surface area contributed by atoms with E-state index in [1.54, 1.807) is 7.11 Å². The lowest BCUT2D eigenvalue weighted by molar-refractivity contribution is 0.0949. The van der Waals surface area contributed by atoms with Gasteiger partial charge in [0.1, 0.15) is 29.4 Å². The maximum atomic E-state index is 12.8. The molecule has 0 bridgehead atoms. The number of benzene rings is 1. The van der Waals surface area contributed by atoms with Crippen LogP contribution in [0.3, 0.4) is 0 Å². The molecule has 0 atom stereocenters. The number of hydrogen-bond donors (Lipinski definition) is 1. The van der Waals surface area contributed by atoms with Gasteiger partial charge in [0.2, 0.25) is 5.88 Å². The van der Waals surface area contributed by atoms with Crippen LogP contribution >= 0.6 is 11.3 Å². The average molecular weight is 493 g/mol. The zero-order chi connectivity index (χ0) is 24.2. The number of imidazole rings is 1. The normalized spacial score (nSPS) is 13.7. The van der Waals surface area contributed by atoms with E-state index < -0.39 is 0 Å². The molecule has 4 aromatic rings. The lowest BCUT2D eigenvalue weighted by Crippen LogP contribution is -2.30. The Balaban J connectivity index is 1.17. The number of nitrogens with one attached hydrogen (secondary N) is 1. The van der Waals surface area contributed by atoms with Crippen LogP contribution in [-0.2, 0) is 0 Å². The standard InChI is InChI=1S/C25H28N6O3S/c1-17-23(35-25-29-20(15-31(17)25)18-6-8-19(33-2)9-7-18)24(32)26-10-13-34-22-14-21(27-16-28-22)30-11-4-3-5-12-30/h6-9,14-16H,3-5,10-13H2,1-2H3,(H,26,32). The molecule has 0 spiro atoms. The van der Waals surface area contributed by atoms with Gasteiger partial charge in [-0.05, 0) is 50.5 Å². The highest BCUT2D eigenvalue weighted by Crippen LogP contribution is 2.28. The van der Waals surface area contributed by atoms with Gasteiger partial charge in [-0.2, -0.15) is 0 Å². The second-order valence-electron chi connectivity index (χ2n) is 8.39. The molecule has 182 valence electrons. The Labute approximate surface area is 207 Å². The van der Waals surface area contributed by atoms with Crippen molar-refractivity contribution in [2.75, 3.05) is 38.3 Å². The molecule has 9 nitrogen and oxygen atoms in total. The molecular formula is C25H28N6O3S. The van der Waals surface area contributed by atoms with Crippen molar-refractivity contribution in [1.29, 1.82) is 0 Å². The van der Waals surface area contributed by atoms with Crippen molar-refractivity contribution >= 4 is 28.0 Å². The van der Waals surface area contributed by atoms with Crippen molar-refractivity contribution in [2.45, 2.75) is 26.2 Å². The fourth-order valence-electron chi connectivity index (χ4n) is 4.17. The SMILES string of the molecule is COc1ccc(-c2cn3c(C)c(C(=O)NCCOc4cc(N5CCCCC5)ncn4)sc3n2)cc1. The minimum atomic E-state index is -0.135. The number of methoxy groups -OCH3 is 1. The van der Waals surface area contributed by atoms with Crippen LogP contribution in [0.1, 0.15) is 34.6 Å². The van der Waals surface area contributed by atoms with Crippen molar-refractivity contribution in [3.8, 4) is 22.9 Å². The summed E-state index contributed by atoms with van der Waals surface area (Å²) in [5, 5.41) is 2.94. The second kappa shape index (κ2) is 10.3. The van der Waals surface area contributed by atoms with Crippen LogP contribution in [0.2, 0.25) is 0 Å². The van der Waals surface area contributed by atoms with Gasteiger partial charge < -0.3 is 19.7 Å². The summed E-state index contributed by atoms with van der Waals surface area (Å²) >= 11 is 1.38. The van der Waals surface area contributed by atoms with Crippen molar-refractivity contribution in [1.82, 2.24) is 24.7 Å². The highest BCUT2D eigenvalue weighted by Gasteiger charge is 2.18. The number of rotatable bonds is 8. The monoisotopic (exact) mass is 492 g/mol. The van der Waals surface area contributed by atoms with Gasteiger partial charge in [0.15, 0.2) is 4.96 Å². The smallest absolute Gasteiger partial charge is 0.263 e. The number of piperidine rings is 1. The minimum absolute atomic E-state index is 0.135. The summed E-state index contributed by atoms with van der Waals surface area (Å²) in [5.74, 6) is 2.08. The molecule has 1 fully saturated rings. The van der Waals surface area contributed by atoms with E-state index in [0.717, 1.165) is 46.6 Å². The van der Waals surface area contributed by atoms with E-state index in [1.165, 1.54) is 36.9 Å². The van der Waals surface area contributed by atoms with Gasteiger partial charge >= 0.3 is 0 Å². The van der Waals surface area contributed by atoms with Gasteiger partial charge in [0, 0.05) is 36.6 Å². The lowest BCUT2D eigenvalue weighted by Gasteiger charge is -2.27. The molecule has 35 heavy (non-hydrogen) atoms. The molecule has 1 aliphatic rings. The number of fused-ring (bicyclic) bond motifs is 1. The van der Waals surface area contributed by atoms with Crippen molar-refractivity contribution < 1.29 is 14.3 Å². The topological polar surface area (TPSA) is 93.9 Å². The fraction of sp³-hybridized carbons (Fsp3) is 0.360. The van der Waals surface area contributed by atoms with Crippen LogP contribution in [-0.4, -0.2) is 58.6 Å². The second-order valence-corrected chi connectivity index (χ2v) is 9.37. The number of hydrogen-bond acceptors (Lipinski definition) is 8. The van der Waals surface area contributed by atoms with E-state index in [2.05, 4.69) is 20.2 Å². The van der Waals surface area contributed by atoms with Crippen LogP contribution in [0.5, 0.6) is 11.6 Å². The summed E-state index contributed by atoms with van der Waals surface area (Å²) < 4.78 is 12.9. The molecule has 0 saturated carbocycles. The van der Waals surface area contributed by atoms with Gasteiger partial charge in [-0.15, -0.1) is 0 Å². The third-order valence-electron chi connectivity index (χ3n) is 6.09. The number of nitrogens with zero attached hydrogens (tertiary/aromatic N) is 5. The zero-order valence-corrected chi connectivity index (χ0v) is 20.7. The Morgan fingerprint density at radius 1 is 1.14 bits per heavy atom. The number of carbonyl (C=O) groups is 1. The largest absolute Gasteiger partial charge is 0.497 e. The molecular weight excluding hydrogens is 464 g/mol. The maximum absolute atomic E-state index is 12.8. The number of aryl methyl sites for hydroxylation is 1. The van der Waals surface area contributed by atoms with E-state index in [-0.39, 0.29) is 5.91 Å². The molecule has 4 heterocycles. The summed E-state index contributed by atoms with van der Waals surface area (Å²) in [7, 11) is 1.64. The molecule has 1 amide bonds. The summed E-state index contributed by atoms with van der Waals surface area (Å²) in [6.07, 6.45) is 7.12. The number of thiazole rings is 1. The first kappa shape index (κ1) is 23.1. The Morgan fingerprint density at radius 2 is 1.94 bits per heavy atom. The zero-order valence-electron chi connectivity index (χ0n) is 19.9. The van der Waals surface area contributed by atoms with Crippen molar-refractivity contribution in [3.05, 3.63) is 53.4 Å². The van der Waals surface area contributed by atoms with Crippen molar-refractivity contribution in [2.24, 2.45) is 0 Å². The van der Waals surface area contributed by atoms with Crippen molar-refractivity contribution in [3.63, 3.8) is 0 Å². The Morgan fingerprint density at radius 3 is 2.69 bits per heavy atom. The van der Waals surface area contributed by atoms with Gasteiger partial charge in [0.05, 0.1) is 19.3 Å². The molecule has 5 rings (SSSR count). The average Bonchev–Trinajstić information content (AvgIpc) is 3.46.